The molecule has 0 unspecified atom stereocenters. The highest BCUT2D eigenvalue weighted by atomic mass is 35.5. The highest BCUT2D eigenvalue weighted by molar-refractivity contribution is 7.80. The molecule has 2 rings (SSSR count). The van der Waals surface area contributed by atoms with E-state index >= 15 is 0 Å². The van der Waals surface area contributed by atoms with Crippen molar-refractivity contribution >= 4 is 46.2 Å². The Labute approximate surface area is 150 Å². The zero-order valence-corrected chi connectivity index (χ0v) is 14.2. The number of benzene rings is 2. The second-order valence-corrected chi connectivity index (χ2v) is 6.01. The Kier molecular flexibility index (Phi) is 5.90. The molecule has 0 amide bonds. The van der Waals surface area contributed by atoms with Crippen LogP contribution in [-0.2, 0) is 12.7 Å². The molecule has 0 radical (unpaired) electrons. The Morgan fingerprint density at radius 2 is 1.75 bits per heavy atom. The predicted molar refractivity (Wildman–Crippen MR) is 90.9 cm³/mol. The van der Waals surface area contributed by atoms with E-state index in [4.69, 9.17) is 35.4 Å². The molecular formula is C15H10Cl2F4N2S. The molecule has 0 aliphatic carbocycles. The minimum atomic E-state index is -4.62. The minimum absolute atomic E-state index is 0.0754. The van der Waals surface area contributed by atoms with Crippen molar-refractivity contribution in [3.05, 3.63) is 63.4 Å². The number of alkyl halides is 3. The van der Waals surface area contributed by atoms with Gasteiger partial charge in [0.15, 0.2) is 5.11 Å². The van der Waals surface area contributed by atoms with Crippen molar-refractivity contribution in [3.63, 3.8) is 0 Å². The Bertz CT molecular complexity index is 766. The molecule has 0 fully saturated rings. The number of nitrogens with one attached hydrogen (secondary N) is 2. The minimum Gasteiger partial charge on any atom is -0.358 e. The summed E-state index contributed by atoms with van der Waals surface area (Å²) in [5.74, 6) is -0.968. The third kappa shape index (κ3) is 5.22. The van der Waals surface area contributed by atoms with E-state index in [1.165, 1.54) is 0 Å². The number of rotatable bonds is 3. The van der Waals surface area contributed by atoms with Crippen molar-refractivity contribution in [2.24, 2.45) is 0 Å². The van der Waals surface area contributed by atoms with Gasteiger partial charge in [0.2, 0.25) is 0 Å². The van der Waals surface area contributed by atoms with Gasteiger partial charge in [-0.2, -0.15) is 13.2 Å². The van der Waals surface area contributed by atoms with E-state index < -0.39 is 17.6 Å². The van der Waals surface area contributed by atoms with Crippen LogP contribution in [0, 0.1) is 5.82 Å². The highest BCUT2D eigenvalue weighted by Crippen LogP contribution is 2.30. The monoisotopic (exact) mass is 396 g/mol. The number of hydrogen-bond donors (Lipinski definition) is 2. The fourth-order valence-electron chi connectivity index (χ4n) is 1.85. The second-order valence-electron chi connectivity index (χ2n) is 4.78. The van der Waals surface area contributed by atoms with Gasteiger partial charge in [-0.05, 0) is 54.2 Å². The van der Waals surface area contributed by atoms with Crippen molar-refractivity contribution in [2.45, 2.75) is 12.7 Å². The number of halogens is 6. The lowest BCUT2D eigenvalue weighted by molar-refractivity contribution is -0.137. The van der Waals surface area contributed by atoms with Crippen LogP contribution in [0.3, 0.4) is 0 Å². The topological polar surface area (TPSA) is 24.1 Å². The molecule has 0 saturated heterocycles. The van der Waals surface area contributed by atoms with E-state index in [1.807, 2.05) is 0 Å². The van der Waals surface area contributed by atoms with Crippen LogP contribution in [-0.4, -0.2) is 5.11 Å². The summed E-state index contributed by atoms with van der Waals surface area (Å²) in [7, 11) is 0. The quantitative estimate of drug-likeness (QED) is 0.518. The van der Waals surface area contributed by atoms with Gasteiger partial charge in [-0.1, -0.05) is 23.2 Å². The third-order valence-corrected chi connectivity index (χ3v) is 3.90. The smallest absolute Gasteiger partial charge is 0.358 e. The molecule has 9 heteroatoms. The number of anilines is 1. The van der Waals surface area contributed by atoms with Crippen molar-refractivity contribution in [2.75, 3.05) is 5.32 Å². The van der Waals surface area contributed by atoms with E-state index in [9.17, 15) is 17.6 Å². The van der Waals surface area contributed by atoms with Crippen LogP contribution in [0.5, 0.6) is 0 Å². The predicted octanol–water partition coefficient (Wildman–Crippen LogP) is 5.64. The van der Waals surface area contributed by atoms with E-state index in [0.29, 0.717) is 21.8 Å². The summed E-state index contributed by atoms with van der Waals surface area (Å²) in [6.07, 6.45) is -4.62. The summed E-state index contributed by atoms with van der Waals surface area (Å²) in [6, 6.07) is 7.04. The first-order chi connectivity index (χ1) is 11.1. The average Bonchev–Trinajstić information content (AvgIpc) is 2.47. The fraction of sp³-hybridized carbons (Fsp3) is 0.133. The van der Waals surface area contributed by atoms with Gasteiger partial charge >= 0.3 is 6.18 Å². The van der Waals surface area contributed by atoms with Crippen molar-refractivity contribution in [3.8, 4) is 0 Å². The maximum atomic E-state index is 13.3. The van der Waals surface area contributed by atoms with Gasteiger partial charge in [0.1, 0.15) is 5.82 Å². The summed E-state index contributed by atoms with van der Waals surface area (Å²) in [5, 5.41) is 6.34. The molecule has 2 nitrogen and oxygen atoms in total. The van der Waals surface area contributed by atoms with Gasteiger partial charge < -0.3 is 10.6 Å². The van der Waals surface area contributed by atoms with E-state index in [0.717, 1.165) is 12.1 Å². The average molecular weight is 397 g/mol. The summed E-state index contributed by atoms with van der Waals surface area (Å²) in [6.45, 7) is -0.0754. The molecule has 2 N–H and O–H groups in total. The Morgan fingerprint density at radius 3 is 2.38 bits per heavy atom. The zero-order valence-electron chi connectivity index (χ0n) is 11.8. The first-order valence-electron chi connectivity index (χ1n) is 6.52. The van der Waals surface area contributed by atoms with Crippen LogP contribution < -0.4 is 10.6 Å². The second kappa shape index (κ2) is 7.55. The molecular weight excluding hydrogens is 387 g/mol. The van der Waals surface area contributed by atoms with Crippen LogP contribution in [0.2, 0.25) is 10.0 Å². The number of hydrogen-bond acceptors (Lipinski definition) is 1. The standard InChI is InChI=1S/C15H10Cl2F4N2S/c16-12-2-1-11(6-13(12)17)23-14(24)22-7-8-3-9(15(19,20)21)5-10(18)4-8/h1-6H,7H2,(H2,22,23,24). The van der Waals surface area contributed by atoms with Crippen LogP contribution in [0.15, 0.2) is 36.4 Å². The lowest BCUT2D eigenvalue weighted by atomic mass is 10.1. The van der Waals surface area contributed by atoms with E-state index in [1.54, 1.807) is 18.2 Å². The van der Waals surface area contributed by atoms with Gasteiger partial charge in [0.25, 0.3) is 0 Å². The normalized spacial score (nSPS) is 11.2. The maximum absolute atomic E-state index is 13.3. The van der Waals surface area contributed by atoms with Gasteiger partial charge in [0, 0.05) is 12.2 Å². The summed E-state index contributed by atoms with van der Waals surface area (Å²) in [4.78, 5) is 0. The molecule has 0 aliphatic rings. The first kappa shape index (κ1) is 18.8. The molecule has 0 atom stereocenters. The molecule has 2 aromatic rings. The van der Waals surface area contributed by atoms with Crippen LogP contribution in [0.25, 0.3) is 0 Å². The Balaban J connectivity index is 2.01. The SMILES string of the molecule is Fc1cc(CNC(=S)Nc2ccc(Cl)c(Cl)c2)cc(C(F)(F)F)c1. The van der Waals surface area contributed by atoms with Crippen LogP contribution in [0.4, 0.5) is 23.2 Å². The highest BCUT2D eigenvalue weighted by Gasteiger charge is 2.31. The van der Waals surface area contributed by atoms with E-state index in [2.05, 4.69) is 10.6 Å². The molecule has 0 aliphatic heterocycles. The van der Waals surface area contributed by atoms with E-state index in [-0.39, 0.29) is 17.2 Å². The van der Waals surface area contributed by atoms with Gasteiger partial charge in [0.05, 0.1) is 15.6 Å². The van der Waals surface area contributed by atoms with Gasteiger partial charge in [-0.3, -0.25) is 0 Å². The lowest BCUT2D eigenvalue weighted by Gasteiger charge is -2.13. The molecule has 24 heavy (non-hydrogen) atoms. The van der Waals surface area contributed by atoms with Crippen LogP contribution >= 0.6 is 35.4 Å². The maximum Gasteiger partial charge on any atom is 0.416 e. The van der Waals surface area contributed by atoms with Crippen molar-refractivity contribution in [1.29, 1.82) is 0 Å². The third-order valence-electron chi connectivity index (χ3n) is 2.92. The summed E-state index contributed by atoms with van der Waals surface area (Å²) in [5.41, 5.74) is -0.389. The van der Waals surface area contributed by atoms with Gasteiger partial charge in [-0.25, -0.2) is 4.39 Å². The van der Waals surface area contributed by atoms with Crippen molar-refractivity contribution < 1.29 is 17.6 Å². The molecule has 0 saturated carbocycles. The van der Waals surface area contributed by atoms with Crippen LogP contribution in [0.1, 0.15) is 11.1 Å². The number of thiocarbonyl (C=S) groups is 1. The summed E-state index contributed by atoms with van der Waals surface area (Å²) < 4.78 is 51.3. The largest absolute Gasteiger partial charge is 0.416 e. The van der Waals surface area contributed by atoms with Gasteiger partial charge in [-0.15, -0.1) is 0 Å². The lowest BCUT2D eigenvalue weighted by Crippen LogP contribution is -2.28. The molecule has 0 heterocycles. The first-order valence-corrected chi connectivity index (χ1v) is 7.68. The van der Waals surface area contributed by atoms with Crippen molar-refractivity contribution in [1.82, 2.24) is 5.32 Å². The molecule has 0 bridgehead atoms. The molecule has 2 aromatic carbocycles. The molecule has 0 spiro atoms. The Hall–Kier alpha value is -1.57. The molecule has 128 valence electrons. The fourth-order valence-corrected chi connectivity index (χ4v) is 2.34. The summed E-state index contributed by atoms with van der Waals surface area (Å²) >= 11 is 16.7. The Morgan fingerprint density at radius 1 is 1.04 bits per heavy atom. The molecule has 0 aromatic heterocycles. The zero-order chi connectivity index (χ0) is 17.9.